The highest BCUT2D eigenvalue weighted by molar-refractivity contribution is 5.71. The third-order valence-corrected chi connectivity index (χ3v) is 2.13. The van der Waals surface area contributed by atoms with E-state index in [4.69, 9.17) is 4.74 Å². The molecule has 0 saturated heterocycles. The van der Waals surface area contributed by atoms with Gasteiger partial charge in [0.25, 0.3) is 0 Å². The number of esters is 1. The molecular formula is C12H23NO2. The fourth-order valence-corrected chi connectivity index (χ4v) is 1.13. The minimum Gasteiger partial charge on any atom is -0.461 e. The van der Waals surface area contributed by atoms with Crippen molar-refractivity contribution in [2.45, 2.75) is 46.6 Å². The molecule has 0 bridgehead atoms. The van der Waals surface area contributed by atoms with Gasteiger partial charge >= 0.3 is 5.97 Å². The molecule has 0 aromatic carbocycles. The maximum absolute atomic E-state index is 11.3. The Morgan fingerprint density at radius 2 is 1.93 bits per heavy atom. The Balaban J connectivity index is 3.61. The highest BCUT2D eigenvalue weighted by Gasteiger charge is 2.09. The van der Waals surface area contributed by atoms with Crippen molar-refractivity contribution in [2.24, 2.45) is 0 Å². The summed E-state index contributed by atoms with van der Waals surface area (Å²) in [5, 5.41) is 3.02. The zero-order valence-corrected chi connectivity index (χ0v) is 10.3. The van der Waals surface area contributed by atoms with Crippen molar-refractivity contribution in [3.63, 3.8) is 0 Å². The second-order valence-corrected chi connectivity index (χ2v) is 3.84. The largest absolute Gasteiger partial charge is 0.461 e. The van der Waals surface area contributed by atoms with Gasteiger partial charge in [0.15, 0.2) is 0 Å². The summed E-state index contributed by atoms with van der Waals surface area (Å²) < 4.78 is 5.23. The highest BCUT2D eigenvalue weighted by atomic mass is 16.5. The quantitative estimate of drug-likeness (QED) is 0.400. The van der Waals surface area contributed by atoms with Crippen LogP contribution in [0.4, 0.5) is 0 Å². The Morgan fingerprint density at radius 3 is 2.40 bits per heavy atom. The van der Waals surface area contributed by atoms with Crippen LogP contribution in [0.15, 0.2) is 11.6 Å². The van der Waals surface area contributed by atoms with E-state index in [-0.39, 0.29) is 12.1 Å². The molecule has 0 amide bonds. The maximum atomic E-state index is 11.3. The van der Waals surface area contributed by atoms with Crippen LogP contribution < -0.4 is 5.32 Å². The first-order valence-electron chi connectivity index (χ1n) is 5.63. The van der Waals surface area contributed by atoms with Gasteiger partial charge in [0.2, 0.25) is 0 Å². The number of carbonyl (C=O) groups excluding carboxylic acids is 1. The van der Waals surface area contributed by atoms with E-state index in [9.17, 15) is 4.79 Å². The second-order valence-electron chi connectivity index (χ2n) is 3.84. The minimum atomic E-state index is -0.161. The third kappa shape index (κ3) is 8.18. The Kier molecular flexibility index (Phi) is 8.01. The highest BCUT2D eigenvalue weighted by Crippen LogP contribution is 2.02. The van der Waals surface area contributed by atoms with Crippen molar-refractivity contribution < 1.29 is 9.53 Å². The van der Waals surface area contributed by atoms with Gasteiger partial charge in [0.1, 0.15) is 6.10 Å². The molecule has 88 valence electrons. The van der Waals surface area contributed by atoms with Gasteiger partial charge in [-0.05, 0) is 26.7 Å². The lowest BCUT2D eigenvalue weighted by molar-refractivity contribution is -0.148. The van der Waals surface area contributed by atoms with Gasteiger partial charge in [-0.1, -0.05) is 25.5 Å². The summed E-state index contributed by atoms with van der Waals surface area (Å²) in [6, 6.07) is 0. The predicted molar refractivity (Wildman–Crippen MR) is 62.8 cm³/mol. The SMILES string of the molecule is CCC(CC)OC(=O)CNCC=C(C)C. The molecule has 0 aromatic rings. The van der Waals surface area contributed by atoms with E-state index in [1.54, 1.807) is 0 Å². The van der Waals surface area contributed by atoms with Gasteiger partial charge in [0.05, 0.1) is 6.54 Å². The average Bonchev–Trinajstić information content (AvgIpc) is 2.20. The molecule has 1 N–H and O–H groups in total. The number of hydrogen-bond donors (Lipinski definition) is 1. The Labute approximate surface area is 92.9 Å². The van der Waals surface area contributed by atoms with Crippen molar-refractivity contribution in [3.8, 4) is 0 Å². The van der Waals surface area contributed by atoms with Crippen LogP contribution in [0.3, 0.4) is 0 Å². The first-order valence-corrected chi connectivity index (χ1v) is 5.63. The zero-order chi connectivity index (χ0) is 11.7. The topological polar surface area (TPSA) is 38.3 Å². The van der Waals surface area contributed by atoms with Crippen molar-refractivity contribution >= 4 is 5.97 Å². The van der Waals surface area contributed by atoms with Crippen LogP contribution in [0.1, 0.15) is 40.5 Å². The first kappa shape index (κ1) is 14.2. The Hall–Kier alpha value is -0.830. The smallest absolute Gasteiger partial charge is 0.320 e. The Bertz CT molecular complexity index is 204. The second kappa shape index (κ2) is 8.48. The molecule has 0 spiro atoms. The number of ether oxygens (including phenoxy) is 1. The van der Waals surface area contributed by atoms with E-state index in [0.29, 0.717) is 6.54 Å². The van der Waals surface area contributed by atoms with Crippen molar-refractivity contribution in [1.82, 2.24) is 5.32 Å². The van der Waals surface area contributed by atoms with E-state index in [0.717, 1.165) is 19.4 Å². The van der Waals surface area contributed by atoms with Crippen LogP contribution in [0.5, 0.6) is 0 Å². The van der Waals surface area contributed by atoms with Crippen LogP contribution in [-0.2, 0) is 9.53 Å². The molecule has 0 aliphatic heterocycles. The number of nitrogens with one attached hydrogen (secondary N) is 1. The van der Waals surface area contributed by atoms with Crippen LogP contribution in [0.2, 0.25) is 0 Å². The summed E-state index contributed by atoms with van der Waals surface area (Å²) in [5.41, 5.74) is 1.25. The van der Waals surface area contributed by atoms with Crippen LogP contribution in [0, 0.1) is 0 Å². The standard InChI is InChI=1S/C12H23NO2/c1-5-11(6-2)15-12(14)9-13-8-7-10(3)4/h7,11,13H,5-6,8-9H2,1-4H3. The summed E-state index contributed by atoms with van der Waals surface area (Å²) in [4.78, 5) is 11.3. The molecule has 0 aliphatic rings. The summed E-state index contributed by atoms with van der Waals surface area (Å²) in [5.74, 6) is -0.161. The molecule has 0 fully saturated rings. The molecule has 0 unspecified atom stereocenters. The van der Waals surface area contributed by atoms with E-state index in [1.807, 2.05) is 33.8 Å². The average molecular weight is 213 g/mol. The first-order chi connectivity index (χ1) is 7.10. The zero-order valence-electron chi connectivity index (χ0n) is 10.3. The molecule has 0 rings (SSSR count). The molecule has 0 radical (unpaired) electrons. The monoisotopic (exact) mass is 213 g/mol. The van der Waals surface area contributed by atoms with Gasteiger partial charge in [-0.3, -0.25) is 4.79 Å². The third-order valence-electron chi connectivity index (χ3n) is 2.13. The summed E-state index contributed by atoms with van der Waals surface area (Å²) in [6.45, 7) is 9.13. The van der Waals surface area contributed by atoms with Crippen molar-refractivity contribution in [2.75, 3.05) is 13.1 Å². The molecule has 3 heteroatoms. The molecule has 0 saturated carbocycles. The predicted octanol–water partition coefficient (Wildman–Crippen LogP) is 2.27. The Morgan fingerprint density at radius 1 is 1.33 bits per heavy atom. The van der Waals surface area contributed by atoms with E-state index in [1.165, 1.54) is 5.57 Å². The molecule has 3 nitrogen and oxygen atoms in total. The van der Waals surface area contributed by atoms with E-state index < -0.39 is 0 Å². The number of allylic oxidation sites excluding steroid dienone is 1. The molecule has 0 atom stereocenters. The van der Waals surface area contributed by atoms with Gasteiger partial charge < -0.3 is 10.1 Å². The lowest BCUT2D eigenvalue weighted by atomic mass is 10.2. The van der Waals surface area contributed by atoms with Gasteiger partial charge in [-0.25, -0.2) is 0 Å². The number of carbonyl (C=O) groups is 1. The van der Waals surface area contributed by atoms with E-state index >= 15 is 0 Å². The number of hydrogen-bond acceptors (Lipinski definition) is 3. The lowest BCUT2D eigenvalue weighted by Gasteiger charge is -2.13. The molecule has 0 aliphatic carbocycles. The summed E-state index contributed by atoms with van der Waals surface area (Å²) in [6.07, 6.45) is 3.89. The van der Waals surface area contributed by atoms with Crippen molar-refractivity contribution in [3.05, 3.63) is 11.6 Å². The normalized spacial score (nSPS) is 10.2. The van der Waals surface area contributed by atoms with Gasteiger partial charge in [-0.15, -0.1) is 0 Å². The van der Waals surface area contributed by atoms with Gasteiger partial charge in [-0.2, -0.15) is 0 Å². The summed E-state index contributed by atoms with van der Waals surface area (Å²) in [7, 11) is 0. The maximum Gasteiger partial charge on any atom is 0.320 e. The molecule has 15 heavy (non-hydrogen) atoms. The fourth-order valence-electron chi connectivity index (χ4n) is 1.13. The lowest BCUT2D eigenvalue weighted by Crippen LogP contribution is -2.28. The van der Waals surface area contributed by atoms with Crippen molar-refractivity contribution in [1.29, 1.82) is 0 Å². The number of rotatable bonds is 7. The molecule has 0 heterocycles. The summed E-state index contributed by atoms with van der Waals surface area (Å²) >= 11 is 0. The van der Waals surface area contributed by atoms with Crippen LogP contribution >= 0.6 is 0 Å². The molecular weight excluding hydrogens is 190 g/mol. The van der Waals surface area contributed by atoms with E-state index in [2.05, 4.69) is 5.32 Å². The minimum absolute atomic E-state index is 0.0720. The fraction of sp³-hybridized carbons (Fsp3) is 0.750. The van der Waals surface area contributed by atoms with Crippen LogP contribution in [-0.4, -0.2) is 25.2 Å². The van der Waals surface area contributed by atoms with Crippen LogP contribution in [0.25, 0.3) is 0 Å². The van der Waals surface area contributed by atoms with Gasteiger partial charge in [0, 0.05) is 6.54 Å². The molecule has 0 aromatic heterocycles.